The second kappa shape index (κ2) is 10.6. The number of halogens is 2. The Morgan fingerprint density at radius 2 is 2.21 bits per heavy atom. The molecule has 0 aliphatic rings. The van der Waals surface area contributed by atoms with Crippen LogP contribution in [0.4, 0.5) is 0 Å². The fourth-order valence-electron chi connectivity index (χ4n) is 2.33. The van der Waals surface area contributed by atoms with Gasteiger partial charge in [0.05, 0.1) is 11.6 Å². The predicted molar refractivity (Wildman–Crippen MR) is 111 cm³/mol. The van der Waals surface area contributed by atoms with Crippen molar-refractivity contribution in [3.8, 4) is 0 Å². The number of aliphatic imine (C=N–C) groups is 1. The lowest BCUT2D eigenvalue weighted by molar-refractivity contribution is 0.462. The first-order valence-corrected chi connectivity index (χ1v) is 8.18. The van der Waals surface area contributed by atoms with Crippen molar-refractivity contribution < 1.29 is 0 Å². The number of aromatic nitrogens is 2. The molecule has 0 radical (unpaired) electrons. The monoisotopic (exact) mass is 461 g/mol. The fraction of sp³-hybridized carbons (Fsp3) is 0.412. The van der Waals surface area contributed by atoms with Crippen molar-refractivity contribution in [3.63, 3.8) is 0 Å². The molecule has 0 saturated heterocycles. The second-order valence-electron chi connectivity index (χ2n) is 5.42. The first-order valence-electron chi connectivity index (χ1n) is 7.80. The Balaban J connectivity index is 0.00000288. The molecule has 0 atom stereocenters. The van der Waals surface area contributed by atoms with Gasteiger partial charge in [0.15, 0.2) is 5.96 Å². The normalized spacial score (nSPS) is 11.1. The number of hydrogen-bond donors (Lipinski definition) is 1. The van der Waals surface area contributed by atoms with E-state index in [1.807, 2.05) is 55.3 Å². The van der Waals surface area contributed by atoms with Gasteiger partial charge < -0.3 is 14.8 Å². The number of guanidine groups is 1. The summed E-state index contributed by atoms with van der Waals surface area (Å²) in [7, 11) is 4.03. The summed E-state index contributed by atoms with van der Waals surface area (Å²) in [5.41, 5.74) is 2.21. The van der Waals surface area contributed by atoms with Gasteiger partial charge in [-0.2, -0.15) is 0 Å². The highest BCUT2D eigenvalue weighted by molar-refractivity contribution is 14.0. The number of pyridine rings is 1. The Hall–Kier alpha value is -1.28. The van der Waals surface area contributed by atoms with Crippen LogP contribution in [0, 0.1) is 0 Å². The van der Waals surface area contributed by atoms with Crippen molar-refractivity contribution in [2.45, 2.75) is 19.9 Å². The summed E-state index contributed by atoms with van der Waals surface area (Å²) >= 11 is 6.05. The van der Waals surface area contributed by atoms with Gasteiger partial charge in [-0.25, -0.2) is 0 Å². The lowest BCUT2D eigenvalue weighted by Crippen LogP contribution is -2.39. The number of aryl methyl sites for hydroxylation is 1. The second-order valence-corrected chi connectivity index (χ2v) is 5.86. The highest BCUT2D eigenvalue weighted by Gasteiger charge is 2.09. The van der Waals surface area contributed by atoms with E-state index in [0.717, 1.165) is 41.9 Å². The molecule has 2 aromatic rings. The molecule has 0 aliphatic heterocycles. The van der Waals surface area contributed by atoms with Crippen LogP contribution < -0.4 is 5.32 Å². The minimum Gasteiger partial charge on any atom is -0.357 e. The van der Waals surface area contributed by atoms with Crippen molar-refractivity contribution >= 4 is 41.5 Å². The zero-order chi connectivity index (χ0) is 16.7. The Morgan fingerprint density at radius 3 is 2.79 bits per heavy atom. The zero-order valence-corrected chi connectivity index (χ0v) is 17.5. The van der Waals surface area contributed by atoms with Crippen LogP contribution in [0.1, 0.15) is 18.3 Å². The molecule has 7 heteroatoms. The van der Waals surface area contributed by atoms with E-state index in [1.54, 1.807) is 0 Å². The van der Waals surface area contributed by atoms with Crippen molar-refractivity contribution in [1.29, 1.82) is 0 Å². The predicted octanol–water partition coefficient (Wildman–Crippen LogP) is 3.33. The zero-order valence-electron chi connectivity index (χ0n) is 14.4. The van der Waals surface area contributed by atoms with Crippen molar-refractivity contribution in [2.24, 2.45) is 12.0 Å². The Kier molecular flexibility index (Phi) is 9.13. The van der Waals surface area contributed by atoms with E-state index in [0.29, 0.717) is 6.54 Å². The number of nitrogens with one attached hydrogen (secondary N) is 1. The van der Waals surface area contributed by atoms with Gasteiger partial charge in [0, 0.05) is 57.4 Å². The molecule has 2 rings (SSSR count). The molecule has 24 heavy (non-hydrogen) atoms. The van der Waals surface area contributed by atoms with Gasteiger partial charge in [0.1, 0.15) is 0 Å². The van der Waals surface area contributed by atoms with E-state index in [-0.39, 0.29) is 24.0 Å². The SMILES string of the molecule is CCNC(=NCCc1ccccn1)N(C)Cc1cc(Cl)cn1C.I. The van der Waals surface area contributed by atoms with E-state index < -0.39 is 0 Å². The van der Waals surface area contributed by atoms with Crippen LogP contribution in [0.2, 0.25) is 5.02 Å². The average molecular weight is 462 g/mol. The molecule has 0 aliphatic carbocycles. The third kappa shape index (κ3) is 6.32. The fourth-order valence-corrected chi connectivity index (χ4v) is 2.61. The molecule has 132 valence electrons. The highest BCUT2D eigenvalue weighted by atomic mass is 127. The van der Waals surface area contributed by atoms with Crippen molar-refractivity contribution in [2.75, 3.05) is 20.1 Å². The molecule has 0 fully saturated rings. The van der Waals surface area contributed by atoms with Gasteiger partial charge in [-0.05, 0) is 25.1 Å². The minimum atomic E-state index is 0. The first kappa shape index (κ1) is 20.8. The smallest absolute Gasteiger partial charge is 0.194 e. The molecule has 2 aromatic heterocycles. The van der Waals surface area contributed by atoms with Crippen LogP contribution in [0.3, 0.4) is 0 Å². The summed E-state index contributed by atoms with van der Waals surface area (Å²) in [5.74, 6) is 0.890. The maximum atomic E-state index is 6.05. The largest absolute Gasteiger partial charge is 0.357 e. The lowest BCUT2D eigenvalue weighted by atomic mass is 10.3. The van der Waals surface area contributed by atoms with Gasteiger partial charge >= 0.3 is 0 Å². The van der Waals surface area contributed by atoms with Gasteiger partial charge in [-0.3, -0.25) is 9.98 Å². The molecular formula is C17H25ClIN5. The summed E-state index contributed by atoms with van der Waals surface area (Å²) in [6.07, 6.45) is 4.56. The topological polar surface area (TPSA) is 45.5 Å². The number of rotatable bonds is 6. The Labute approximate surface area is 166 Å². The third-order valence-corrected chi connectivity index (χ3v) is 3.73. The van der Waals surface area contributed by atoms with E-state index >= 15 is 0 Å². The van der Waals surface area contributed by atoms with Crippen LogP contribution in [-0.2, 0) is 20.0 Å². The molecule has 0 aromatic carbocycles. The van der Waals surface area contributed by atoms with Gasteiger partial charge in [0.2, 0.25) is 0 Å². The Bertz CT molecular complexity index is 642. The average Bonchev–Trinajstić information content (AvgIpc) is 2.85. The number of hydrogen-bond acceptors (Lipinski definition) is 2. The first-order chi connectivity index (χ1) is 11.1. The van der Waals surface area contributed by atoms with E-state index in [1.165, 1.54) is 0 Å². The van der Waals surface area contributed by atoms with Gasteiger partial charge in [-0.15, -0.1) is 24.0 Å². The van der Waals surface area contributed by atoms with Crippen LogP contribution in [0.25, 0.3) is 0 Å². The summed E-state index contributed by atoms with van der Waals surface area (Å²) in [4.78, 5) is 11.1. The standard InChI is InChI=1S/C17H24ClN5.HI/c1-4-19-17(21-10-8-15-7-5-6-9-20-15)23(3)13-16-11-14(18)12-22(16)2;/h5-7,9,11-12H,4,8,10,13H2,1-3H3,(H,19,21);1H. The molecule has 0 spiro atoms. The van der Waals surface area contributed by atoms with Crippen molar-refractivity contribution in [3.05, 3.63) is 53.1 Å². The third-order valence-electron chi connectivity index (χ3n) is 3.53. The van der Waals surface area contributed by atoms with Crippen LogP contribution in [0.15, 0.2) is 41.7 Å². The minimum absolute atomic E-state index is 0. The quantitative estimate of drug-likeness (QED) is 0.408. The molecule has 2 heterocycles. The molecule has 0 bridgehead atoms. The summed E-state index contributed by atoms with van der Waals surface area (Å²) in [5, 5.41) is 4.09. The summed E-state index contributed by atoms with van der Waals surface area (Å²) < 4.78 is 2.04. The lowest BCUT2D eigenvalue weighted by Gasteiger charge is -2.22. The molecule has 1 N–H and O–H groups in total. The van der Waals surface area contributed by atoms with E-state index in [4.69, 9.17) is 16.6 Å². The Morgan fingerprint density at radius 1 is 1.42 bits per heavy atom. The van der Waals surface area contributed by atoms with Crippen LogP contribution in [0.5, 0.6) is 0 Å². The molecule has 0 amide bonds. The molecule has 5 nitrogen and oxygen atoms in total. The van der Waals surface area contributed by atoms with E-state index in [2.05, 4.69) is 22.1 Å². The molecule has 0 saturated carbocycles. The highest BCUT2D eigenvalue weighted by Crippen LogP contribution is 2.14. The van der Waals surface area contributed by atoms with E-state index in [9.17, 15) is 0 Å². The van der Waals surface area contributed by atoms with Crippen LogP contribution >= 0.6 is 35.6 Å². The van der Waals surface area contributed by atoms with Gasteiger partial charge in [0.25, 0.3) is 0 Å². The van der Waals surface area contributed by atoms with Gasteiger partial charge in [-0.1, -0.05) is 17.7 Å². The maximum Gasteiger partial charge on any atom is 0.194 e. The van der Waals surface area contributed by atoms with Crippen LogP contribution in [-0.4, -0.2) is 40.5 Å². The summed E-state index contributed by atoms with van der Waals surface area (Å²) in [6.45, 7) is 4.36. The number of nitrogens with zero attached hydrogens (tertiary/aromatic N) is 4. The maximum absolute atomic E-state index is 6.05. The molecular weight excluding hydrogens is 437 g/mol. The summed E-state index contributed by atoms with van der Waals surface area (Å²) in [6, 6.07) is 7.94. The van der Waals surface area contributed by atoms with Crippen molar-refractivity contribution in [1.82, 2.24) is 19.8 Å². The molecule has 0 unspecified atom stereocenters.